The molecule has 1 heterocycles. The summed E-state index contributed by atoms with van der Waals surface area (Å²) in [7, 11) is 0. The maximum Gasteiger partial charge on any atom is 0.338 e. The number of aliphatic carboxylic acids is 1. The van der Waals surface area contributed by atoms with Gasteiger partial charge in [0.05, 0.1) is 6.61 Å². The van der Waals surface area contributed by atoms with Crippen molar-refractivity contribution in [3.8, 4) is 0 Å². The van der Waals surface area contributed by atoms with E-state index in [1.807, 2.05) is 0 Å². The largest absolute Gasteiger partial charge is 0.479 e. The third-order valence-corrected chi connectivity index (χ3v) is 4.06. The van der Waals surface area contributed by atoms with Crippen molar-refractivity contribution in [3.63, 3.8) is 0 Å². The molecular weight excluding hydrogens is 204 g/mol. The quantitative estimate of drug-likeness (QED) is 0.750. The molecule has 1 aliphatic heterocycles. The molecule has 0 bridgehead atoms. The minimum Gasteiger partial charge on any atom is -0.479 e. The van der Waals surface area contributed by atoms with Gasteiger partial charge in [0, 0.05) is 0 Å². The summed E-state index contributed by atoms with van der Waals surface area (Å²) in [5.41, 5.74) is -0.789. The Morgan fingerprint density at radius 3 is 2.25 bits per heavy atom. The van der Waals surface area contributed by atoms with E-state index in [-0.39, 0.29) is 0 Å². The van der Waals surface area contributed by atoms with E-state index in [2.05, 4.69) is 0 Å². The average molecular weight is 226 g/mol. The van der Waals surface area contributed by atoms with Gasteiger partial charge < -0.3 is 9.84 Å². The smallest absolute Gasteiger partial charge is 0.338 e. The molecule has 0 aromatic carbocycles. The minimum absolute atomic E-state index is 0.426. The topological polar surface area (TPSA) is 49.8 Å². The summed E-state index contributed by atoms with van der Waals surface area (Å²) < 4.78 is 5.11. The molecule has 1 atom stereocenters. The molecular formula is C13H22O3. The van der Waals surface area contributed by atoms with Crippen LogP contribution >= 0.6 is 0 Å². The molecule has 1 N–H and O–H groups in total. The second-order valence-corrected chi connectivity index (χ2v) is 5.34. The Morgan fingerprint density at radius 1 is 1.19 bits per heavy atom. The number of carboxylic acids is 1. The maximum absolute atomic E-state index is 11.0. The highest BCUT2D eigenvalue weighted by atomic mass is 16.6. The summed E-state index contributed by atoms with van der Waals surface area (Å²) in [4.78, 5) is 11.0. The van der Waals surface area contributed by atoms with Gasteiger partial charge >= 0.3 is 5.97 Å². The van der Waals surface area contributed by atoms with Crippen molar-refractivity contribution in [1.82, 2.24) is 0 Å². The van der Waals surface area contributed by atoms with Gasteiger partial charge in [-0.05, 0) is 18.8 Å². The van der Waals surface area contributed by atoms with E-state index >= 15 is 0 Å². The van der Waals surface area contributed by atoms with Gasteiger partial charge in [0.1, 0.15) is 0 Å². The summed E-state index contributed by atoms with van der Waals surface area (Å²) >= 11 is 0. The molecule has 1 saturated heterocycles. The molecule has 2 rings (SSSR count). The summed E-state index contributed by atoms with van der Waals surface area (Å²) in [6.07, 6.45) is 11.1. The lowest BCUT2D eigenvalue weighted by Crippen LogP contribution is -2.25. The lowest BCUT2D eigenvalue weighted by Gasteiger charge is -2.20. The molecule has 1 saturated carbocycles. The van der Waals surface area contributed by atoms with E-state index in [0.717, 1.165) is 12.3 Å². The van der Waals surface area contributed by atoms with Gasteiger partial charge in [-0.2, -0.15) is 0 Å². The zero-order valence-corrected chi connectivity index (χ0v) is 9.91. The van der Waals surface area contributed by atoms with E-state index in [4.69, 9.17) is 9.84 Å². The van der Waals surface area contributed by atoms with Crippen molar-refractivity contribution < 1.29 is 14.6 Å². The normalized spacial score (nSPS) is 31.8. The Hall–Kier alpha value is -0.570. The number of rotatable bonds is 4. The first kappa shape index (κ1) is 11.9. The van der Waals surface area contributed by atoms with E-state index in [1.165, 1.54) is 44.9 Å². The van der Waals surface area contributed by atoms with Crippen LogP contribution in [0.25, 0.3) is 0 Å². The number of carboxylic acid groups (broad SMARTS) is 1. The fourth-order valence-corrected chi connectivity index (χ4v) is 2.73. The van der Waals surface area contributed by atoms with Gasteiger partial charge in [-0.1, -0.05) is 44.9 Å². The van der Waals surface area contributed by atoms with Gasteiger partial charge in [-0.3, -0.25) is 0 Å². The standard InChI is InChI=1S/C13H22O3/c14-12(15)13(10-16-13)9-8-11-6-4-2-1-3-5-7-11/h11H,1-10H2,(H,14,15). The fourth-order valence-electron chi connectivity index (χ4n) is 2.73. The summed E-state index contributed by atoms with van der Waals surface area (Å²) in [6, 6.07) is 0. The third-order valence-electron chi connectivity index (χ3n) is 4.06. The second-order valence-electron chi connectivity index (χ2n) is 5.34. The molecule has 2 aliphatic rings. The highest BCUT2D eigenvalue weighted by molar-refractivity contribution is 5.80. The zero-order chi connectivity index (χ0) is 11.4. The predicted octanol–water partition coefficient (Wildman–Crippen LogP) is 2.98. The zero-order valence-electron chi connectivity index (χ0n) is 9.91. The number of hydrogen-bond acceptors (Lipinski definition) is 2. The van der Waals surface area contributed by atoms with Crippen LogP contribution in [0.3, 0.4) is 0 Å². The molecule has 0 amide bonds. The first-order chi connectivity index (χ1) is 7.73. The van der Waals surface area contributed by atoms with Crippen molar-refractivity contribution in [3.05, 3.63) is 0 Å². The van der Waals surface area contributed by atoms with E-state index < -0.39 is 11.6 Å². The molecule has 1 unspecified atom stereocenters. The second kappa shape index (κ2) is 5.17. The number of ether oxygens (including phenoxy) is 1. The first-order valence-electron chi connectivity index (χ1n) is 6.60. The molecule has 0 spiro atoms. The van der Waals surface area contributed by atoms with Crippen LogP contribution < -0.4 is 0 Å². The van der Waals surface area contributed by atoms with Gasteiger partial charge in [-0.15, -0.1) is 0 Å². The highest BCUT2D eigenvalue weighted by Gasteiger charge is 2.52. The van der Waals surface area contributed by atoms with Crippen LogP contribution in [0.4, 0.5) is 0 Å². The Balaban J connectivity index is 1.73. The first-order valence-corrected chi connectivity index (χ1v) is 6.60. The lowest BCUT2D eigenvalue weighted by molar-refractivity contribution is -0.143. The fraction of sp³-hybridized carbons (Fsp3) is 0.923. The van der Waals surface area contributed by atoms with Crippen molar-refractivity contribution in [2.45, 2.75) is 63.4 Å². The molecule has 1 aliphatic carbocycles. The minimum atomic E-state index is -0.789. The molecule has 0 radical (unpaired) electrons. The van der Waals surface area contributed by atoms with Gasteiger partial charge in [-0.25, -0.2) is 4.79 Å². The van der Waals surface area contributed by atoms with Crippen molar-refractivity contribution in [2.75, 3.05) is 6.61 Å². The van der Waals surface area contributed by atoms with E-state index in [1.54, 1.807) is 0 Å². The Kier molecular flexibility index (Phi) is 3.85. The SMILES string of the molecule is O=C(O)C1(CCC2CCCCCCC2)CO1. The lowest BCUT2D eigenvalue weighted by atomic mass is 9.86. The van der Waals surface area contributed by atoms with Crippen LogP contribution in [0.5, 0.6) is 0 Å². The number of epoxide rings is 1. The average Bonchev–Trinajstić information content (AvgIpc) is 2.97. The molecule has 0 aromatic heterocycles. The van der Waals surface area contributed by atoms with Crippen LogP contribution in [0.15, 0.2) is 0 Å². The van der Waals surface area contributed by atoms with Crippen molar-refractivity contribution >= 4 is 5.97 Å². The van der Waals surface area contributed by atoms with Crippen LogP contribution in [0.2, 0.25) is 0 Å². The van der Waals surface area contributed by atoms with E-state index in [9.17, 15) is 4.79 Å². The Bertz CT molecular complexity index is 238. The summed E-state index contributed by atoms with van der Waals surface area (Å²) in [6.45, 7) is 0.426. The number of hydrogen-bond donors (Lipinski definition) is 1. The van der Waals surface area contributed by atoms with Crippen LogP contribution in [0.1, 0.15) is 57.8 Å². The van der Waals surface area contributed by atoms with E-state index in [0.29, 0.717) is 13.0 Å². The number of carbonyl (C=O) groups is 1. The highest BCUT2D eigenvalue weighted by Crippen LogP contribution is 2.36. The Labute approximate surface area is 97.2 Å². The maximum atomic E-state index is 11.0. The monoisotopic (exact) mass is 226 g/mol. The summed E-state index contributed by atoms with van der Waals surface area (Å²) in [5.74, 6) is -0.0286. The molecule has 3 heteroatoms. The van der Waals surface area contributed by atoms with Gasteiger partial charge in [0.25, 0.3) is 0 Å². The van der Waals surface area contributed by atoms with Crippen molar-refractivity contribution in [1.29, 1.82) is 0 Å². The third kappa shape index (κ3) is 2.97. The van der Waals surface area contributed by atoms with Crippen molar-refractivity contribution in [2.24, 2.45) is 5.92 Å². The van der Waals surface area contributed by atoms with Crippen LogP contribution in [0, 0.1) is 5.92 Å². The van der Waals surface area contributed by atoms with Gasteiger partial charge in [0.15, 0.2) is 5.60 Å². The summed E-state index contributed by atoms with van der Waals surface area (Å²) in [5, 5.41) is 9.01. The molecule has 92 valence electrons. The Morgan fingerprint density at radius 2 is 1.75 bits per heavy atom. The van der Waals surface area contributed by atoms with Gasteiger partial charge in [0.2, 0.25) is 0 Å². The van der Waals surface area contributed by atoms with Crippen LogP contribution in [-0.4, -0.2) is 23.3 Å². The molecule has 0 aromatic rings. The molecule has 2 fully saturated rings. The van der Waals surface area contributed by atoms with Crippen LogP contribution in [-0.2, 0) is 9.53 Å². The predicted molar refractivity (Wildman–Crippen MR) is 61.4 cm³/mol. The molecule has 16 heavy (non-hydrogen) atoms. The molecule has 3 nitrogen and oxygen atoms in total.